The molecule has 2 fully saturated rings. The van der Waals surface area contributed by atoms with Gasteiger partial charge in [0.25, 0.3) is 0 Å². The van der Waals surface area contributed by atoms with Crippen molar-refractivity contribution < 1.29 is 9.18 Å². The minimum atomic E-state index is -0.465. The monoisotopic (exact) mass is 281 g/mol. The van der Waals surface area contributed by atoms with E-state index in [-0.39, 0.29) is 10.9 Å². The lowest BCUT2D eigenvalue weighted by molar-refractivity contribution is -0.117. The van der Waals surface area contributed by atoms with E-state index in [1.165, 1.54) is 37.8 Å². The van der Waals surface area contributed by atoms with Gasteiger partial charge < -0.3 is 5.32 Å². The summed E-state index contributed by atoms with van der Waals surface area (Å²) in [5, 5.41) is 2.85. The zero-order chi connectivity index (χ0) is 13.4. The number of fused-ring (bicyclic) bond motifs is 2. The second kappa shape index (κ2) is 5.12. The molecular formula is C15H17ClFNO. The van der Waals surface area contributed by atoms with Gasteiger partial charge in [-0.2, -0.15) is 0 Å². The Hall–Kier alpha value is -1.09. The molecule has 0 aromatic heterocycles. The summed E-state index contributed by atoms with van der Waals surface area (Å²) in [4.78, 5) is 12.0. The summed E-state index contributed by atoms with van der Waals surface area (Å²) in [5.41, 5.74) is 0.569. The summed E-state index contributed by atoms with van der Waals surface area (Å²) in [7, 11) is 0. The highest BCUT2D eigenvalue weighted by Crippen LogP contribution is 2.49. The molecule has 0 radical (unpaired) electrons. The molecule has 0 aliphatic heterocycles. The SMILES string of the molecule is O=C(C[C@H]1C[C@H]2CC[C@@H]1C2)Nc1ccc(F)c(Cl)c1. The highest BCUT2D eigenvalue weighted by Gasteiger charge is 2.40. The molecule has 0 saturated heterocycles. The molecule has 102 valence electrons. The maximum Gasteiger partial charge on any atom is 0.224 e. The first-order valence-corrected chi connectivity index (χ1v) is 7.24. The molecule has 1 N–H and O–H groups in total. The van der Waals surface area contributed by atoms with Crippen LogP contribution < -0.4 is 5.32 Å². The van der Waals surface area contributed by atoms with E-state index < -0.39 is 5.82 Å². The van der Waals surface area contributed by atoms with Crippen LogP contribution in [0.5, 0.6) is 0 Å². The fourth-order valence-electron chi connectivity index (χ4n) is 3.65. The van der Waals surface area contributed by atoms with E-state index in [2.05, 4.69) is 5.32 Å². The van der Waals surface area contributed by atoms with Crippen LogP contribution in [0.4, 0.5) is 10.1 Å². The number of carbonyl (C=O) groups is 1. The second-order valence-corrected chi connectivity index (χ2v) is 6.22. The van der Waals surface area contributed by atoms with Gasteiger partial charge in [0, 0.05) is 12.1 Å². The van der Waals surface area contributed by atoms with E-state index >= 15 is 0 Å². The molecular weight excluding hydrogens is 265 g/mol. The third kappa shape index (κ3) is 2.76. The fraction of sp³-hybridized carbons (Fsp3) is 0.533. The summed E-state index contributed by atoms with van der Waals surface area (Å²) in [6, 6.07) is 4.27. The zero-order valence-electron chi connectivity index (χ0n) is 10.7. The molecule has 3 atom stereocenters. The van der Waals surface area contributed by atoms with Crippen LogP contribution in [0.1, 0.15) is 32.1 Å². The number of halogens is 2. The minimum Gasteiger partial charge on any atom is -0.326 e. The average molecular weight is 282 g/mol. The number of nitrogens with one attached hydrogen (secondary N) is 1. The molecule has 3 rings (SSSR count). The highest BCUT2D eigenvalue weighted by atomic mass is 35.5. The van der Waals surface area contributed by atoms with E-state index in [1.807, 2.05) is 0 Å². The van der Waals surface area contributed by atoms with Gasteiger partial charge in [-0.1, -0.05) is 18.0 Å². The van der Waals surface area contributed by atoms with E-state index in [9.17, 15) is 9.18 Å². The number of amides is 1. The van der Waals surface area contributed by atoms with Gasteiger partial charge >= 0.3 is 0 Å². The lowest BCUT2D eigenvalue weighted by Gasteiger charge is -2.20. The van der Waals surface area contributed by atoms with Crippen molar-refractivity contribution in [1.82, 2.24) is 0 Å². The van der Waals surface area contributed by atoms with E-state index in [0.717, 1.165) is 11.8 Å². The predicted octanol–water partition coefficient (Wildman–Crippen LogP) is 4.24. The molecule has 19 heavy (non-hydrogen) atoms. The van der Waals surface area contributed by atoms with Gasteiger partial charge in [0.15, 0.2) is 0 Å². The van der Waals surface area contributed by atoms with Gasteiger partial charge in [0.2, 0.25) is 5.91 Å². The van der Waals surface area contributed by atoms with Crippen molar-refractivity contribution in [1.29, 1.82) is 0 Å². The normalized spacial score (nSPS) is 28.6. The molecule has 1 aromatic carbocycles. The summed E-state index contributed by atoms with van der Waals surface area (Å²) >= 11 is 5.69. The largest absolute Gasteiger partial charge is 0.326 e. The van der Waals surface area contributed by atoms with Crippen molar-refractivity contribution in [2.24, 2.45) is 17.8 Å². The first-order valence-electron chi connectivity index (χ1n) is 6.86. The van der Waals surface area contributed by atoms with E-state index in [0.29, 0.717) is 18.0 Å². The molecule has 1 amide bonds. The van der Waals surface area contributed by atoms with E-state index in [4.69, 9.17) is 11.6 Å². The third-order valence-electron chi connectivity index (χ3n) is 4.54. The molecule has 2 bridgehead atoms. The van der Waals surface area contributed by atoms with Crippen molar-refractivity contribution in [2.75, 3.05) is 5.32 Å². The van der Waals surface area contributed by atoms with Crippen molar-refractivity contribution >= 4 is 23.2 Å². The highest BCUT2D eigenvalue weighted by molar-refractivity contribution is 6.31. The molecule has 1 aromatic rings. The molecule has 0 unspecified atom stereocenters. The molecule has 4 heteroatoms. The molecule has 2 aliphatic rings. The number of benzene rings is 1. The van der Waals surface area contributed by atoms with Crippen LogP contribution in [0.15, 0.2) is 18.2 Å². The van der Waals surface area contributed by atoms with Gasteiger partial charge in [0.05, 0.1) is 5.02 Å². The van der Waals surface area contributed by atoms with Crippen molar-refractivity contribution in [3.63, 3.8) is 0 Å². The zero-order valence-corrected chi connectivity index (χ0v) is 11.4. The van der Waals surface area contributed by atoms with Crippen molar-refractivity contribution in [3.8, 4) is 0 Å². The lowest BCUT2D eigenvalue weighted by Crippen LogP contribution is -2.20. The Bertz CT molecular complexity index is 505. The molecule has 0 spiro atoms. The number of carbonyl (C=O) groups excluding carboxylic acids is 1. The molecule has 2 saturated carbocycles. The quantitative estimate of drug-likeness (QED) is 0.882. The Morgan fingerprint density at radius 1 is 1.37 bits per heavy atom. The van der Waals surface area contributed by atoms with Gasteiger partial charge in [-0.05, 0) is 55.2 Å². The first-order chi connectivity index (χ1) is 9.11. The Morgan fingerprint density at radius 3 is 2.84 bits per heavy atom. The Morgan fingerprint density at radius 2 is 2.21 bits per heavy atom. The summed E-state index contributed by atoms with van der Waals surface area (Å²) < 4.78 is 13.0. The number of hydrogen-bond donors (Lipinski definition) is 1. The predicted molar refractivity (Wildman–Crippen MR) is 73.6 cm³/mol. The summed E-state index contributed by atoms with van der Waals surface area (Å²) in [6.07, 6.45) is 5.71. The van der Waals surface area contributed by atoms with E-state index in [1.54, 1.807) is 6.07 Å². The van der Waals surface area contributed by atoms with Crippen LogP contribution >= 0.6 is 11.6 Å². The number of rotatable bonds is 3. The van der Waals surface area contributed by atoms with Crippen molar-refractivity contribution in [2.45, 2.75) is 32.1 Å². The molecule has 0 heterocycles. The van der Waals surface area contributed by atoms with Crippen LogP contribution in [0.25, 0.3) is 0 Å². The fourth-order valence-corrected chi connectivity index (χ4v) is 3.83. The topological polar surface area (TPSA) is 29.1 Å². The van der Waals surface area contributed by atoms with Crippen molar-refractivity contribution in [3.05, 3.63) is 29.0 Å². The second-order valence-electron chi connectivity index (χ2n) is 5.82. The lowest BCUT2D eigenvalue weighted by atomic mass is 9.86. The van der Waals surface area contributed by atoms with Crippen LogP contribution in [0.3, 0.4) is 0 Å². The maximum atomic E-state index is 13.0. The van der Waals surface area contributed by atoms with Gasteiger partial charge in [-0.25, -0.2) is 4.39 Å². The first kappa shape index (κ1) is 12.9. The molecule has 2 aliphatic carbocycles. The Kier molecular flexibility index (Phi) is 3.48. The maximum absolute atomic E-state index is 13.0. The average Bonchev–Trinajstić information content (AvgIpc) is 2.96. The number of hydrogen-bond acceptors (Lipinski definition) is 1. The van der Waals surface area contributed by atoms with Crippen LogP contribution in [0.2, 0.25) is 5.02 Å². The van der Waals surface area contributed by atoms with Crippen LogP contribution in [-0.4, -0.2) is 5.91 Å². The van der Waals surface area contributed by atoms with Gasteiger partial charge in [-0.3, -0.25) is 4.79 Å². The Labute approximate surface area is 117 Å². The van der Waals surface area contributed by atoms with Gasteiger partial charge in [-0.15, -0.1) is 0 Å². The Balaban J connectivity index is 1.57. The minimum absolute atomic E-state index is 0.0141. The number of anilines is 1. The third-order valence-corrected chi connectivity index (χ3v) is 4.83. The standard InChI is InChI=1S/C15H17ClFNO/c16-13-8-12(3-4-14(13)17)18-15(19)7-11-6-9-1-2-10(11)5-9/h3-4,8-11H,1-2,5-7H2,(H,18,19)/t9-,10+,11+/m0/s1. The molecule has 2 nitrogen and oxygen atoms in total. The van der Waals surface area contributed by atoms with Crippen LogP contribution in [-0.2, 0) is 4.79 Å². The van der Waals surface area contributed by atoms with Gasteiger partial charge in [0.1, 0.15) is 5.82 Å². The smallest absolute Gasteiger partial charge is 0.224 e. The summed E-state index contributed by atoms with van der Waals surface area (Å²) in [6.45, 7) is 0. The summed E-state index contributed by atoms with van der Waals surface area (Å²) in [5.74, 6) is 1.68. The van der Waals surface area contributed by atoms with Crippen LogP contribution in [0, 0.1) is 23.6 Å².